The van der Waals surface area contributed by atoms with Gasteiger partial charge in [-0.05, 0) is 103 Å². The van der Waals surface area contributed by atoms with Crippen LogP contribution in [0.4, 0.5) is 0 Å². The summed E-state index contributed by atoms with van der Waals surface area (Å²) in [4.78, 5) is 10.7. The third-order valence-electron chi connectivity index (χ3n) is 9.53. The molecule has 0 fully saturated rings. The molecule has 0 aliphatic heterocycles. The van der Waals surface area contributed by atoms with Crippen LogP contribution >= 0.6 is 11.3 Å². The summed E-state index contributed by atoms with van der Waals surface area (Å²) in [6.07, 6.45) is 3.96. The van der Waals surface area contributed by atoms with E-state index in [2.05, 4.69) is 146 Å². The van der Waals surface area contributed by atoms with Crippen molar-refractivity contribution >= 4 is 43.4 Å². The predicted molar refractivity (Wildman–Crippen MR) is 212 cm³/mol. The van der Waals surface area contributed by atoms with Gasteiger partial charge in [0.15, 0.2) is 0 Å². The van der Waals surface area contributed by atoms with Crippen LogP contribution in [0.25, 0.3) is 65.7 Å². The maximum atomic E-state index is 6.47. The number of thiophene rings is 1. The fourth-order valence-corrected chi connectivity index (χ4v) is 7.62. The van der Waals surface area contributed by atoms with E-state index < -0.39 is 0 Å². The van der Waals surface area contributed by atoms with Crippen LogP contribution in [0.2, 0.25) is 0 Å². The van der Waals surface area contributed by atoms with E-state index in [0.717, 1.165) is 44.5 Å². The van der Waals surface area contributed by atoms with Crippen molar-refractivity contribution in [3.63, 3.8) is 0 Å². The van der Waals surface area contributed by atoms with Crippen LogP contribution in [0.15, 0.2) is 95.7 Å². The van der Waals surface area contributed by atoms with Crippen LogP contribution in [0.3, 0.4) is 0 Å². The summed E-state index contributed by atoms with van der Waals surface area (Å²) >= 11 is 1.80. The van der Waals surface area contributed by atoms with Gasteiger partial charge in [-0.15, -0.1) is 64.9 Å². The molecule has 0 saturated carbocycles. The molecule has 0 N–H and O–H groups in total. The first-order chi connectivity index (χ1) is 23.9. The monoisotopic (exact) mass is 863 g/mol. The van der Waals surface area contributed by atoms with Gasteiger partial charge >= 0.3 is 0 Å². The third kappa shape index (κ3) is 7.21. The summed E-state index contributed by atoms with van der Waals surface area (Å²) in [6.45, 7) is 19.6. The van der Waals surface area contributed by atoms with Crippen LogP contribution in [0.5, 0.6) is 0 Å². The molecule has 4 aromatic heterocycles. The molecule has 0 saturated heterocycles. The Morgan fingerprint density at radius 3 is 2.14 bits per heavy atom. The predicted octanol–water partition coefficient (Wildman–Crippen LogP) is 13.0. The molecule has 4 heterocycles. The number of nitrogens with zero attached hydrogens (tertiary/aromatic N) is 2. The number of benzene rings is 4. The SMILES string of the molecule is Cc1c[c-]c(-c2cc(C)c(C)cn2)cc1.Cc1cc2cc3c(cc2s1)oc1c(-c2cc(C(C)(C)C)c(-c4c(C)cccc4C)cn2)[c-]ccc13.[Ir]. The second kappa shape index (κ2) is 14.3. The number of aryl methyl sites for hydroxylation is 6. The molecule has 0 aliphatic carbocycles. The molecule has 0 unspecified atom stereocenters. The van der Waals surface area contributed by atoms with Crippen LogP contribution < -0.4 is 0 Å². The standard InChI is InChI=1S/C32H28NOS.C14H14N.Ir/c1-18-9-7-10-19(2)30(18)25-17-33-27(15-26(25)32(4,5)6)23-12-8-11-22-24-14-21-13-20(3)35-29(21)16-28(24)34-31(22)23;1-10-4-6-13(7-5-10)14-8-11(2)12(3)9-15-14;/h7-11,13-17H,1-6H3;4-6,8-9H,1-3H3;/q2*-1;. The molecule has 8 aromatic rings. The fourth-order valence-electron chi connectivity index (χ4n) is 6.68. The van der Waals surface area contributed by atoms with Crippen molar-refractivity contribution in [3.8, 4) is 33.6 Å². The molecule has 0 bridgehead atoms. The largest absolute Gasteiger partial charge is 0.501 e. The number of fused-ring (bicyclic) bond motifs is 4. The number of aromatic nitrogens is 2. The van der Waals surface area contributed by atoms with E-state index in [9.17, 15) is 0 Å². The Morgan fingerprint density at radius 1 is 0.706 bits per heavy atom. The average Bonchev–Trinajstić information content (AvgIpc) is 3.63. The molecule has 5 heteroatoms. The molecule has 4 aromatic carbocycles. The van der Waals surface area contributed by atoms with Crippen molar-refractivity contribution < 1.29 is 24.5 Å². The Morgan fingerprint density at radius 2 is 1.45 bits per heavy atom. The van der Waals surface area contributed by atoms with Crippen molar-refractivity contribution in [2.45, 2.75) is 67.7 Å². The van der Waals surface area contributed by atoms with Crippen molar-refractivity contribution in [1.82, 2.24) is 9.97 Å². The van der Waals surface area contributed by atoms with E-state index in [-0.39, 0.29) is 25.5 Å². The molecule has 0 spiro atoms. The zero-order chi connectivity index (χ0) is 35.3. The summed E-state index contributed by atoms with van der Waals surface area (Å²) in [5.41, 5.74) is 15.6. The van der Waals surface area contributed by atoms with Gasteiger partial charge in [-0.2, -0.15) is 0 Å². The molecule has 0 atom stereocenters. The van der Waals surface area contributed by atoms with E-state index in [4.69, 9.17) is 9.40 Å². The molecule has 0 aliphatic rings. The summed E-state index contributed by atoms with van der Waals surface area (Å²) < 4.78 is 7.72. The Bertz CT molecular complexity index is 2510. The van der Waals surface area contributed by atoms with Crippen LogP contribution in [-0.4, -0.2) is 9.97 Å². The van der Waals surface area contributed by atoms with E-state index in [0.29, 0.717) is 0 Å². The van der Waals surface area contributed by atoms with E-state index in [1.165, 1.54) is 59.5 Å². The zero-order valence-electron chi connectivity index (χ0n) is 30.7. The van der Waals surface area contributed by atoms with Crippen molar-refractivity contribution in [3.05, 3.63) is 142 Å². The molecule has 1 radical (unpaired) electrons. The molecule has 3 nitrogen and oxygen atoms in total. The van der Waals surface area contributed by atoms with Gasteiger partial charge in [0.2, 0.25) is 0 Å². The summed E-state index contributed by atoms with van der Waals surface area (Å²) in [5, 5.41) is 3.52. The quantitative estimate of drug-likeness (QED) is 0.166. The topological polar surface area (TPSA) is 38.9 Å². The molecular weight excluding hydrogens is 821 g/mol. The van der Waals surface area contributed by atoms with E-state index in [1.807, 2.05) is 24.5 Å². The van der Waals surface area contributed by atoms with Crippen molar-refractivity contribution in [1.29, 1.82) is 0 Å². The number of rotatable bonds is 3. The van der Waals surface area contributed by atoms with Gasteiger partial charge in [-0.3, -0.25) is 0 Å². The van der Waals surface area contributed by atoms with Gasteiger partial charge in [-0.1, -0.05) is 74.5 Å². The summed E-state index contributed by atoms with van der Waals surface area (Å²) in [6, 6.07) is 34.4. The van der Waals surface area contributed by atoms with Crippen molar-refractivity contribution in [2.24, 2.45) is 0 Å². The van der Waals surface area contributed by atoms with Gasteiger partial charge in [-0.25, -0.2) is 0 Å². The smallest absolute Gasteiger partial charge is 0.122 e. The molecule has 0 amide bonds. The van der Waals surface area contributed by atoms with Gasteiger partial charge in [0.25, 0.3) is 0 Å². The molecular formula is C46H42IrN2OS-2. The van der Waals surface area contributed by atoms with Crippen LogP contribution in [0.1, 0.15) is 59.0 Å². The van der Waals surface area contributed by atoms with Crippen LogP contribution in [-0.2, 0) is 25.5 Å². The van der Waals surface area contributed by atoms with E-state index in [1.54, 1.807) is 11.3 Å². The minimum Gasteiger partial charge on any atom is -0.501 e. The minimum atomic E-state index is -0.0499. The first kappa shape index (κ1) is 36.4. The van der Waals surface area contributed by atoms with Crippen molar-refractivity contribution in [2.75, 3.05) is 0 Å². The Kier molecular flexibility index (Phi) is 10.2. The maximum Gasteiger partial charge on any atom is 0.122 e. The number of hydrogen-bond acceptors (Lipinski definition) is 4. The van der Waals surface area contributed by atoms with Gasteiger partial charge in [0.05, 0.1) is 5.58 Å². The first-order valence-corrected chi connectivity index (χ1v) is 18.0. The van der Waals surface area contributed by atoms with Gasteiger partial charge < -0.3 is 14.4 Å². The van der Waals surface area contributed by atoms with Gasteiger partial charge in [0.1, 0.15) is 5.58 Å². The fraction of sp³-hybridized carbons (Fsp3) is 0.217. The Hall–Kier alpha value is -4.41. The molecule has 259 valence electrons. The number of furan rings is 1. The average molecular weight is 863 g/mol. The van der Waals surface area contributed by atoms with E-state index >= 15 is 0 Å². The molecule has 8 rings (SSSR count). The van der Waals surface area contributed by atoms with Gasteiger partial charge in [0, 0.05) is 53.0 Å². The first-order valence-electron chi connectivity index (χ1n) is 17.1. The maximum absolute atomic E-state index is 6.47. The zero-order valence-corrected chi connectivity index (χ0v) is 33.9. The number of hydrogen-bond donors (Lipinski definition) is 0. The number of pyridine rings is 2. The van der Waals surface area contributed by atoms with Crippen LogP contribution in [0, 0.1) is 53.7 Å². The molecule has 51 heavy (non-hydrogen) atoms. The minimum absolute atomic E-state index is 0. The Balaban J connectivity index is 0.000000236. The third-order valence-corrected chi connectivity index (χ3v) is 10.5. The Labute approximate surface area is 319 Å². The summed E-state index contributed by atoms with van der Waals surface area (Å²) in [5.74, 6) is 0. The second-order valence-electron chi connectivity index (χ2n) is 14.5. The second-order valence-corrected chi connectivity index (χ2v) is 15.8. The normalized spacial score (nSPS) is 11.5. The summed E-state index contributed by atoms with van der Waals surface area (Å²) in [7, 11) is 0.